The van der Waals surface area contributed by atoms with E-state index in [-0.39, 0.29) is 11.8 Å². The van der Waals surface area contributed by atoms with Gasteiger partial charge in [-0.15, -0.1) is 0 Å². The van der Waals surface area contributed by atoms with Crippen LogP contribution in [0.1, 0.15) is 28.7 Å². The lowest BCUT2D eigenvalue weighted by Gasteiger charge is -2.07. The number of anilines is 2. The van der Waals surface area contributed by atoms with Gasteiger partial charge >= 0.3 is 0 Å². The van der Waals surface area contributed by atoms with Crippen molar-refractivity contribution < 1.29 is 9.59 Å². The first-order valence-corrected chi connectivity index (χ1v) is 8.18. The zero-order valence-electron chi connectivity index (χ0n) is 13.5. The first kappa shape index (κ1) is 16.1. The Morgan fingerprint density at radius 1 is 1.04 bits per heavy atom. The molecule has 0 fully saturated rings. The van der Waals surface area contributed by atoms with E-state index in [0.717, 1.165) is 21.5 Å². The molecular weight excluding hydrogens is 324 g/mol. The number of nitrogens with zero attached hydrogens (tertiary/aromatic N) is 2. The van der Waals surface area contributed by atoms with Crippen molar-refractivity contribution in [2.75, 3.05) is 10.6 Å². The van der Waals surface area contributed by atoms with Crippen LogP contribution >= 0.6 is 11.3 Å². The van der Waals surface area contributed by atoms with Gasteiger partial charge in [-0.3, -0.25) is 9.59 Å². The number of pyridine rings is 1. The van der Waals surface area contributed by atoms with Gasteiger partial charge in [0.05, 0.1) is 10.2 Å². The van der Waals surface area contributed by atoms with Crippen LogP contribution in [0.15, 0.2) is 30.3 Å². The highest BCUT2D eigenvalue weighted by Gasteiger charge is 2.12. The molecule has 0 unspecified atom stereocenters. The average Bonchev–Trinajstić information content (AvgIpc) is 2.90. The third-order valence-electron chi connectivity index (χ3n) is 3.38. The number of carbonyl (C=O) groups excluding carboxylic acids is 2. The molecule has 0 aliphatic rings. The third kappa shape index (κ3) is 3.41. The minimum atomic E-state index is -0.257. The van der Waals surface area contributed by atoms with Gasteiger partial charge in [-0.25, -0.2) is 9.97 Å². The van der Waals surface area contributed by atoms with Crippen LogP contribution < -0.4 is 10.6 Å². The first-order chi connectivity index (χ1) is 11.4. The zero-order valence-corrected chi connectivity index (χ0v) is 14.3. The van der Waals surface area contributed by atoms with E-state index < -0.39 is 0 Å². The van der Waals surface area contributed by atoms with Crippen molar-refractivity contribution >= 4 is 44.2 Å². The number of hydrogen-bond acceptors (Lipinski definition) is 5. The van der Waals surface area contributed by atoms with Crippen LogP contribution in [0.4, 0.5) is 10.8 Å². The number of aryl methyl sites for hydroxylation is 2. The van der Waals surface area contributed by atoms with Crippen LogP contribution in [-0.2, 0) is 4.79 Å². The maximum atomic E-state index is 12.4. The molecule has 0 radical (unpaired) electrons. The van der Waals surface area contributed by atoms with Crippen molar-refractivity contribution in [3.05, 3.63) is 47.3 Å². The van der Waals surface area contributed by atoms with E-state index in [4.69, 9.17) is 0 Å². The monoisotopic (exact) mass is 340 g/mol. The minimum absolute atomic E-state index is 0.163. The van der Waals surface area contributed by atoms with Crippen LogP contribution in [-0.4, -0.2) is 21.8 Å². The number of benzene rings is 1. The standard InChI is InChI=1S/C17H16N4O2S/c1-9-4-5-10(2)18-15(9)16(23)20-12-6-7-14-13(8-12)21-17(24-14)19-11(3)22/h4-8H,1-3H3,(H,20,23)(H,19,21,22). The normalized spacial score (nSPS) is 10.6. The summed E-state index contributed by atoms with van der Waals surface area (Å²) in [5, 5.41) is 6.05. The fourth-order valence-corrected chi connectivity index (χ4v) is 3.15. The van der Waals surface area contributed by atoms with Gasteiger partial charge in [0, 0.05) is 18.3 Å². The molecule has 0 atom stereocenters. The molecular formula is C17H16N4O2S. The van der Waals surface area contributed by atoms with Crippen molar-refractivity contribution in [2.45, 2.75) is 20.8 Å². The SMILES string of the molecule is CC(=O)Nc1nc2cc(NC(=O)c3nc(C)ccc3C)ccc2s1. The van der Waals surface area contributed by atoms with Gasteiger partial charge in [-0.05, 0) is 43.7 Å². The Labute approximate surface area is 142 Å². The number of amides is 2. The van der Waals surface area contributed by atoms with E-state index in [9.17, 15) is 9.59 Å². The van der Waals surface area contributed by atoms with Crippen molar-refractivity contribution in [1.29, 1.82) is 0 Å². The van der Waals surface area contributed by atoms with Crippen LogP contribution in [0, 0.1) is 13.8 Å². The second-order valence-corrected chi connectivity index (χ2v) is 6.49. The van der Waals surface area contributed by atoms with Crippen LogP contribution in [0.5, 0.6) is 0 Å². The smallest absolute Gasteiger partial charge is 0.274 e. The Hall–Kier alpha value is -2.80. The zero-order chi connectivity index (χ0) is 17.3. The highest BCUT2D eigenvalue weighted by Crippen LogP contribution is 2.28. The largest absolute Gasteiger partial charge is 0.321 e. The lowest BCUT2D eigenvalue weighted by Crippen LogP contribution is -2.15. The summed E-state index contributed by atoms with van der Waals surface area (Å²) < 4.78 is 0.932. The minimum Gasteiger partial charge on any atom is -0.321 e. The van der Waals surface area contributed by atoms with Gasteiger partial charge < -0.3 is 10.6 Å². The van der Waals surface area contributed by atoms with E-state index in [0.29, 0.717) is 16.5 Å². The molecule has 3 aromatic rings. The van der Waals surface area contributed by atoms with E-state index in [2.05, 4.69) is 20.6 Å². The Bertz CT molecular complexity index is 949. The molecule has 7 heteroatoms. The van der Waals surface area contributed by atoms with E-state index >= 15 is 0 Å². The van der Waals surface area contributed by atoms with Gasteiger partial charge in [0.1, 0.15) is 5.69 Å². The topological polar surface area (TPSA) is 84.0 Å². The summed E-state index contributed by atoms with van der Waals surface area (Å²) in [5.74, 6) is -0.420. The van der Waals surface area contributed by atoms with Crippen LogP contribution in [0.2, 0.25) is 0 Å². The van der Waals surface area contributed by atoms with E-state index in [1.807, 2.05) is 32.0 Å². The van der Waals surface area contributed by atoms with E-state index in [1.54, 1.807) is 12.1 Å². The fourth-order valence-electron chi connectivity index (χ4n) is 2.26. The molecule has 1 aromatic carbocycles. The quantitative estimate of drug-likeness (QED) is 0.764. The second-order valence-electron chi connectivity index (χ2n) is 5.45. The number of nitrogens with one attached hydrogen (secondary N) is 2. The molecule has 0 aliphatic heterocycles. The number of hydrogen-bond donors (Lipinski definition) is 2. The molecule has 24 heavy (non-hydrogen) atoms. The Morgan fingerprint density at radius 3 is 2.58 bits per heavy atom. The van der Waals surface area contributed by atoms with Crippen molar-refractivity contribution in [3.8, 4) is 0 Å². The Kier molecular flexibility index (Phi) is 4.26. The summed E-state index contributed by atoms with van der Waals surface area (Å²) in [6.45, 7) is 5.14. The van der Waals surface area contributed by atoms with Crippen LogP contribution in [0.3, 0.4) is 0 Å². The number of carbonyl (C=O) groups is 2. The number of thiazole rings is 1. The van der Waals surface area contributed by atoms with Gasteiger partial charge in [0.2, 0.25) is 5.91 Å². The highest BCUT2D eigenvalue weighted by molar-refractivity contribution is 7.22. The Morgan fingerprint density at radius 2 is 1.83 bits per heavy atom. The number of rotatable bonds is 3. The van der Waals surface area contributed by atoms with E-state index in [1.165, 1.54) is 18.3 Å². The van der Waals surface area contributed by atoms with Crippen LogP contribution in [0.25, 0.3) is 10.2 Å². The maximum absolute atomic E-state index is 12.4. The third-order valence-corrected chi connectivity index (χ3v) is 4.33. The fraction of sp³-hybridized carbons (Fsp3) is 0.176. The van der Waals surface area contributed by atoms with Crippen molar-refractivity contribution in [3.63, 3.8) is 0 Å². The summed E-state index contributed by atoms with van der Waals surface area (Å²) in [7, 11) is 0. The summed E-state index contributed by atoms with van der Waals surface area (Å²) in [5.41, 5.74) is 3.37. The maximum Gasteiger partial charge on any atom is 0.274 e. The summed E-state index contributed by atoms with van der Waals surface area (Å²) in [6.07, 6.45) is 0. The highest BCUT2D eigenvalue weighted by atomic mass is 32.1. The molecule has 2 N–H and O–H groups in total. The predicted octanol–water partition coefficient (Wildman–Crippen LogP) is 3.52. The second kappa shape index (κ2) is 6.37. The predicted molar refractivity (Wildman–Crippen MR) is 95.6 cm³/mol. The van der Waals surface area contributed by atoms with Gasteiger partial charge in [0.25, 0.3) is 5.91 Å². The molecule has 122 valence electrons. The molecule has 0 saturated heterocycles. The van der Waals surface area contributed by atoms with Gasteiger partial charge in [-0.2, -0.15) is 0 Å². The molecule has 3 rings (SSSR count). The lowest BCUT2D eigenvalue weighted by molar-refractivity contribution is -0.114. The van der Waals surface area contributed by atoms with Crippen molar-refractivity contribution in [2.24, 2.45) is 0 Å². The molecule has 0 spiro atoms. The molecule has 2 heterocycles. The lowest BCUT2D eigenvalue weighted by atomic mass is 10.2. The first-order valence-electron chi connectivity index (χ1n) is 7.36. The molecule has 0 aliphatic carbocycles. The summed E-state index contributed by atoms with van der Waals surface area (Å²) >= 11 is 1.39. The number of aromatic nitrogens is 2. The molecule has 2 aromatic heterocycles. The summed E-state index contributed by atoms with van der Waals surface area (Å²) in [6, 6.07) is 9.20. The average molecular weight is 340 g/mol. The summed E-state index contributed by atoms with van der Waals surface area (Å²) in [4.78, 5) is 32.2. The van der Waals surface area contributed by atoms with Gasteiger partial charge in [-0.1, -0.05) is 17.4 Å². The Balaban J connectivity index is 1.85. The molecule has 6 nitrogen and oxygen atoms in total. The van der Waals surface area contributed by atoms with Gasteiger partial charge in [0.15, 0.2) is 5.13 Å². The molecule has 0 saturated carbocycles. The molecule has 0 bridgehead atoms. The number of fused-ring (bicyclic) bond motifs is 1. The molecule has 2 amide bonds. The van der Waals surface area contributed by atoms with Crippen molar-refractivity contribution in [1.82, 2.24) is 9.97 Å².